The molecule has 0 aliphatic heterocycles. The van der Waals surface area contributed by atoms with E-state index >= 15 is 0 Å². The van der Waals surface area contributed by atoms with Crippen LogP contribution in [-0.4, -0.2) is 22.9 Å². The quantitative estimate of drug-likeness (QED) is 0.246. The Labute approximate surface area is 60.6 Å². The van der Waals surface area contributed by atoms with Crippen molar-refractivity contribution < 1.29 is 23.4 Å². The van der Waals surface area contributed by atoms with Gasteiger partial charge in [-0.3, -0.25) is 4.46 Å². The monoisotopic (exact) mass is 166 g/mol. The predicted octanol–water partition coefficient (Wildman–Crippen LogP) is 0.338. The number of rotatable bonds is 6. The van der Waals surface area contributed by atoms with Gasteiger partial charge in [0.25, 0.3) is 0 Å². The summed E-state index contributed by atoms with van der Waals surface area (Å²) < 4.78 is 18.7. The van der Waals surface area contributed by atoms with Gasteiger partial charge in [-0.05, 0) is 6.42 Å². The van der Waals surface area contributed by atoms with Crippen LogP contribution < -0.4 is 0 Å². The Kier molecular flexibility index (Phi) is 6.35. The molecule has 0 bridgehead atoms. The van der Waals surface area contributed by atoms with Gasteiger partial charge in [-0.25, -0.2) is 4.89 Å². The lowest BCUT2D eigenvalue weighted by Crippen LogP contribution is -2.12. The van der Waals surface area contributed by atoms with Gasteiger partial charge in [-0.1, -0.05) is 6.92 Å². The van der Waals surface area contributed by atoms with Crippen molar-refractivity contribution in [1.29, 1.82) is 0 Å². The third-order valence-corrected chi connectivity index (χ3v) is 1.12. The summed E-state index contributed by atoms with van der Waals surface area (Å²) in [7, 11) is -1.37. The fourth-order valence-electron chi connectivity index (χ4n) is 0.255. The fourth-order valence-corrected chi connectivity index (χ4v) is 0.598. The second kappa shape index (κ2) is 6.65. The van der Waals surface area contributed by atoms with Crippen molar-refractivity contribution in [1.82, 2.24) is 0 Å². The highest BCUT2D eigenvalue weighted by Crippen LogP contribution is 1.84. The van der Waals surface area contributed by atoms with Crippen LogP contribution in [-0.2, 0) is 23.4 Å². The smallest absolute Gasteiger partial charge is 0.327 e. The summed E-state index contributed by atoms with van der Waals surface area (Å²) in [6, 6.07) is 0. The molecule has 10 heavy (non-hydrogen) atoms. The van der Waals surface area contributed by atoms with Crippen LogP contribution in [0.1, 0.15) is 13.3 Å². The Morgan fingerprint density at radius 1 is 1.40 bits per heavy atom. The van der Waals surface area contributed by atoms with E-state index in [0.717, 1.165) is 6.42 Å². The van der Waals surface area contributed by atoms with Crippen molar-refractivity contribution in [3.8, 4) is 0 Å². The first-order chi connectivity index (χ1) is 4.81. The third kappa shape index (κ3) is 5.67. The Balaban J connectivity index is 3.05. The van der Waals surface area contributed by atoms with Crippen LogP contribution in [0.25, 0.3) is 0 Å². The molecule has 0 saturated carbocycles. The van der Waals surface area contributed by atoms with Gasteiger partial charge in [0, 0.05) is 0 Å². The molecule has 0 rings (SSSR count). The minimum absolute atomic E-state index is 0.392. The standard InChI is InChI=1S/C4H10O5Si/c1-3-4-7-9-10(5)8-6-2/h3-4H2,1-2H3. The van der Waals surface area contributed by atoms with E-state index in [4.69, 9.17) is 0 Å². The first-order valence-electron chi connectivity index (χ1n) is 2.85. The average molecular weight is 166 g/mol. The maximum Gasteiger partial charge on any atom is 0.834 e. The molecule has 0 radical (unpaired) electrons. The van der Waals surface area contributed by atoms with Crippen LogP contribution in [0.2, 0.25) is 0 Å². The van der Waals surface area contributed by atoms with Crippen molar-refractivity contribution in [2.45, 2.75) is 13.3 Å². The SMILES string of the molecule is CCCOO[Si](=O)OOC. The van der Waals surface area contributed by atoms with Crippen molar-refractivity contribution in [2.24, 2.45) is 0 Å². The maximum absolute atomic E-state index is 10.4. The highest BCUT2D eigenvalue weighted by Gasteiger charge is 2.12. The molecule has 0 atom stereocenters. The second-order valence-corrected chi connectivity index (χ2v) is 2.24. The summed E-state index contributed by atoms with van der Waals surface area (Å²) in [6.07, 6.45) is 0.794. The normalized spacial score (nSPS) is 9.00. The van der Waals surface area contributed by atoms with Gasteiger partial charge in [0.2, 0.25) is 0 Å². The van der Waals surface area contributed by atoms with Crippen molar-refractivity contribution in [3.05, 3.63) is 0 Å². The summed E-state index contributed by atoms with van der Waals surface area (Å²) in [5, 5.41) is 0. The molecule has 0 aliphatic carbocycles. The molecule has 0 aliphatic rings. The minimum atomic E-state index is -2.61. The summed E-state index contributed by atoms with van der Waals surface area (Å²) in [5.41, 5.74) is 0. The minimum Gasteiger partial charge on any atom is -0.327 e. The van der Waals surface area contributed by atoms with E-state index in [0.29, 0.717) is 6.61 Å². The van der Waals surface area contributed by atoms with E-state index in [-0.39, 0.29) is 0 Å². The molecule has 0 heterocycles. The van der Waals surface area contributed by atoms with Crippen LogP contribution in [0.15, 0.2) is 0 Å². The molecule has 0 aromatic carbocycles. The van der Waals surface area contributed by atoms with Crippen LogP contribution in [0.3, 0.4) is 0 Å². The van der Waals surface area contributed by atoms with Gasteiger partial charge in [0.05, 0.1) is 13.7 Å². The van der Waals surface area contributed by atoms with Crippen LogP contribution in [0, 0.1) is 0 Å². The maximum atomic E-state index is 10.4. The second-order valence-electron chi connectivity index (χ2n) is 1.41. The third-order valence-electron chi connectivity index (χ3n) is 0.566. The first-order valence-corrected chi connectivity index (χ1v) is 4.07. The first kappa shape index (κ1) is 9.54. The fraction of sp³-hybridized carbons (Fsp3) is 1.00. The molecule has 0 unspecified atom stereocenters. The van der Waals surface area contributed by atoms with Gasteiger partial charge in [0.1, 0.15) is 0 Å². The lowest BCUT2D eigenvalue weighted by atomic mass is 10.5. The Morgan fingerprint density at radius 3 is 2.60 bits per heavy atom. The largest absolute Gasteiger partial charge is 0.834 e. The molecule has 0 saturated heterocycles. The van der Waals surface area contributed by atoms with E-state index < -0.39 is 9.17 Å². The van der Waals surface area contributed by atoms with E-state index in [1.165, 1.54) is 7.11 Å². The number of hydrogen-bond acceptors (Lipinski definition) is 5. The molecule has 0 aromatic rings. The molecule has 0 N–H and O–H groups in total. The molecule has 0 amide bonds. The summed E-state index contributed by atoms with van der Waals surface area (Å²) >= 11 is 0. The highest BCUT2D eigenvalue weighted by atomic mass is 28.3. The molecule has 60 valence electrons. The zero-order valence-corrected chi connectivity index (χ0v) is 6.96. The van der Waals surface area contributed by atoms with E-state index in [1.54, 1.807) is 0 Å². The zero-order valence-electron chi connectivity index (χ0n) is 5.96. The highest BCUT2D eigenvalue weighted by molar-refractivity contribution is 6.25. The van der Waals surface area contributed by atoms with Gasteiger partial charge >= 0.3 is 9.17 Å². The van der Waals surface area contributed by atoms with E-state index in [1.807, 2.05) is 6.92 Å². The lowest BCUT2D eigenvalue weighted by Gasteiger charge is -1.98. The zero-order chi connectivity index (χ0) is 7.82. The van der Waals surface area contributed by atoms with Crippen LogP contribution >= 0.6 is 0 Å². The summed E-state index contributed by atoms with van der Waals surface area (Å²) in [5.74, 6) is 0. The molecular formula is C4H10O5Si. The molecular weight excluding hydrogens is 156 g/mol. The number of hydrogen-bond donors (Lipinski definition) is 0. The summed E-state index contributed by atoms with van der Waals surface area (Å²) in [6.45, 7) is 2.29. The Morgan fingerprint density at radius 2 is 2.10 bits per heavy atom. The molecule has 5 nitrogen and oxygen atoms in total. The van der Waals surface area contributed by atoms with E-state index in [9.17, 15) is 4.46 Å². The molecule has 0 spiro atoms. The molecule has 6 heteroatoms. The predicted molar refractivity (Wildman–Crippen MR) is 31.9 cm³/mol. The van der Waals surface area contributed by atoms with Crippen LogP contribution in [0.4, 0.5) is 0 Å². The molecule has 0 fully saturated rings. The average Bonchev–Trinajstić information content (AvgIpc) is 1.89. The van der Waals surface area contributed by atoms with Gasteiger partial charge in [-0.2, -0.15) is 4.89 Å². The Bertz CT molecular complexity index is 95.6. The topological polar surface area (TPSA) is 54.0 Å². The van der Waals surface area contributed by atoms with Gasteiger partial charge in [-0.15, -0.1) is 0 Å². The van der Waals surface area contributed by atoms with Gasteiger partial charge in [0.15, 0.2) is 0 Å². The van der Waals surface area contributed by atoms with Crippen molar-refractivity contribution >= 4 is 9.17 Å². The van der Waals surface area contributed by atoms with Crippen molar-refractivity contribution in [2.75, 3.05) is 13.7 Å². The van der Waals surface area contributed by atoms with Crippen molar-refractivity contribution in [3.63, 3.8) is 0 Å². The summed E-state index contributed by atoms with van der Waals surface area (Å²) in [4.78, 5) is 8.49. The van der Waals surface area contributed by atoms with Crippen LogP contribution in [0.5, 0.6) is 0 Å². The Hall–Kier alpha value is -0.463. The molecule has 0 aromatic heterocycles. The lowest BCUT2D eigenvalue weighted by molar-refractivity contribution is -0.275. The van der Waals surface area contributed by atoms with E-state index in [2.05, 4.69) is 18.9 Å². The van der Waals surface area contributed by atoms with Gasteiger partial charge < -0.3 is 9.15 Å².